The fourth-order valence-corrected chi connectivity index (χ4v) is 3.05. The Morgan fingerprint density at radius 1 is 1.08 bits per heavy atom. The Kier molecular flexibility index (Phi) is 6.57. The maximum Gasteiger partial charge on any atom is 0.191 e. The zero-order valence-electron chi connectivity index (χ0n) is 14.9. The number of likely N-dealkylation sites (tertiary alicyclic amines) is 1. The predicted molar refractivity (Wildman–Crippen MR) is 111 cm³/mol. The van der Waals surface area contributed by atoms with Crippen LogP contribution in [0.5, 0.6) is 5.75 Å². The number of hydrazone groups is 1. The van der Waals surface area contributed by atoms with Crippen LogP contribution in [-0.2, 0) is 6.54 Å². The molecule has 1 aliphatic rings. The summed E-state index contributed by atoms with van der Waals surface area (Å²) in [5, 5.41) is 8.08. The van der Waals surface area contributed by atoms with Gasteiger partial charge in [0.1, 0.15) is 5.75 Å². The number of ether oxygens (including phenoxy) is 1. The molecule has 0 unspecified atom stereocenters. The average molecular weight is 369 g/mol. The number of methoxy groups -OCH3 is 1. The average Bonchev–Trinajstić information content (AvgIpc) is 2.69. The van der Waals surface area contributed by atoms with Crippen molar-refractivity contribution >= 4 is 28.7 Å². The van der Waals surface area contributed by atoms with Gasteiger partial charge in [0.2, 0.25) is 0 Å². The first-order valence-corrected chi connectivity index (χ1v) is 9.16. The first kappa shape index (κ1) is 18.4. The van der Waals surface area contributed by atoms with Crippen molar-refractivity contribution < 1.29 is 4.74 Å². The predicted octanol–water partition coefficient (Wildman–Crippen LogP) is 3.63. The largest absolute Gasteiger partial charge is 0.497 e. The molecule has 26 heavy (non-hydrogen) atoms. The van der Waals surface area contributed by atoms with Crippen molar-refractivity contribution in [2.45, 2.75) is 19.4 Å². The third-order valence-electron chi connectivity index (χ3n) is 4.35. The van der Waals surface area contributed by atoms with E-state index in [-0.39, 0.29) is 0 Å². The Balaban J connectivity index is 1.42. The van der Waals surface area contributed by atoms with Crippen LogP contribution in [0.1, 0.15) is 18.4 Å². The van der Waals surface area contributed by atoms with Crippen LogP contribution in [0.2, 0.25) is 0 Å². The molecule has 0 spiro atoms. The van der Waals surface area contributed by atoms with E-state index in [1.165, 1.54) is 5.56 Å². The van der Waals surface area contributed by atoms with Crippen molar-refractivity contribution in [3.8, 4) is 5.75 Å². The number of hydrogen-bond acceptors (Lipinski definition) is 4. The van der Waals surface area contributed by atoms with Crippen LogP contribution in [0.25, 0.3) is 0 Å². The summed E-state index contributed by atoms with van der Waals surface area (Å²) in [6, 6.07) is 18.2. The van der Waals surface area contributed by atoms with Crippen molar-refractivity contribution in [1.82, 2.24) is 10.3 Å². The summed E-state index contributed by atoms with van der Waals surface area (Å²) in [6.07, 6.45) is 1.93. The normalized spacial score (nSPS) is 14.6. The second kappa shape index (κ2) is 9.31. The van der Waals surface area contributed by atoms with Crippen molar-refractivity contribution in [1.29, 1.82) is 0 Å². The van der Waals surface area contributed by atoms with Gasteiger partial charge in [0, 0.05) is 43.9 Å². The number of nitrogens with one attached hydrogen (secondary N) is 2. The summed E-state index contributed by atoms with van der Waals surface area (Å²) in [6.45, 7) is 3.04. The third-order valence-corrected chi connectivity index (χ3v) is 4.54. The Bertz CT molecular complexity index is 736. The molecule has 5 nitrogen and oxygen atoms in total. The molecule has 3 rings (SSSR count). The van der Waals surface area contributed by atoms with Crippen LogP contribution in [-0.4, -0.2) is 35.9 Å². The summed E-state index contributed by atoms with van der Waals surface area (Å²) in [5.41, 5.74) is 6.37. The van der Waals surface area contributed by atoms with Gasteiger partial charge in [0.25, 0.3) is 0 Å². The van der Waals surface area contributed by atoms with Gasteiger partial charge in [-0.25, -0.2) is 0 Å². The Morgan fingerprint density at radius 3 is 2.42 bits per heavy atom. The highest BCUT2D eigenvalue weighted by molar-refractivity contribution is 7.80. The molecular formula is C20H24N4OS. The maximum absolute atomic E-state index is 5.30. The molecule has 0 radical (unpaired) electrons. The lowest BCUT2D eigenvalue weighted by Crippen LogP contribution is -2.35. The van der Waals surface area contributed by atoms with Crippen LogP contribution >= 0.6 is 12.2 Å². The number of hydrogen-bond donors (Lipinski definition) is 2. The van der Waals surface area contributed by atoms with Gasteiger partial charge in [-0.3, -0.25) is 10.3 Å². The number of piperidine rings is 1. The second-order valence-corrected chi connectivity index (χ2v) is 6.64. The Hall–Kier alpha value is -2.44. The highest BCUT2D eigenvalue weighted by atomic mass is 32.1. The van der Waals surface area contributed by atoms with Crippen LogP contribution in [0, 0.1) is 0 Å². The quantitative estimate of drug-likeness (QED) is 0.623. The summed E-state index contributed by atoms with van der Waals surface area (Å²) in [4.78, 5) is 2.46. The van der Waals surface area contributed by atoms with Crippen LogP contribution in [0.15, 0.2) is 59.7 Å². The summed E-state index contributed by atoms with van der Waals surface area (Å²) < 4.78 is 5.15. The van der Waals surface area contributed by atoms with Crippen LogP contribution < -0.4 is 15.5 Å². The van der Waals surface area contributed by atoms with Gasteiger partial charge < -0.3 is 10.1 Å². The third kappa shape index (κ3) is 5.54. The highest BCUT2D eigenvalue weighted by Gasteiger charge is 2.15. The molecule has 0 saturated carbocycles. The fourth-order valence-electron chi connectivity index (χ4n) is 2.89. The molecule has 0 aromatic heterocycles. The van der Waals surface area contributed by atoms with E-state index in [9.17, 15) is 0 Å². The molecule has 0 aliphatic carbocycles. The van der Waals surface area contributed by atoms with E-state index in [0.29, 0.717) is 5.11 Å². The molecule has 1 aliphatic heterocycles. The first-order valence-electron chi connectivity index (χ1n) is 8.76. The van der Waals surface area contributed by atoms with Gasteiger partial charge in [-0.1, -0.05) is 30.3 Å². The molecule has 1 fully saturated rings. The van der Waals surface area contributed by atoms with Crippen molar-refractivity contribution in [2.24, 2.45) is 5.10 Å². The smallest absolute Gasteiger partial charge is 0.191 e. The number of nitrogens with zero attached hydrogens (tertiary/aromatic N) is 2. The van der Waals surface area contributed by atoms with E-state index in [4.69, 9.17) is 17.0 Å². The lowest BCUT2D eigenvalue weighted by molar-refractivity contribution is 0.266. The van der Waals surface area contributed by atoms with Gasteiger partial charge in [-0.15, -0.1) is 0 Å². The summed E-state index contributed by atoms with van der Waals surface area (Å²) >= 11 is 5.30. The van der Waals surface area contributed by atoms with Crippen molar-refractivity contribution in [3.63, 3.8) is 0 Å². The first-order chi connectivity index (χ1) is 12.7. The minimum absolute atomic E-state index is 0.495. The van der Waals surface area contributed by atoms with Gasteiger partial charge in [0.15, 0.2) is 5.11 Å². The minimum atomic E-state index is 0.495. The zero-order valence-corrected chi connectivity index (χ0v) is 15.8. The second-order valence-electron chi connectivity index (χ2n) is 6.23. The maximum atomic E-state index is 5.30. The van der Waals surface area contributed by atoms with Gasteiger partial charge in [-0.2, -0.15) is 5.10 Å². The molecule has 6 heteroatoms. The lowest BCUT2D eigenvalue weighted by atomic mass is 10.1. The van der Waals surface area contributed by atoms with E-state index < -0.39 is 0 Å². The highest BCUT2D eigenvalue weighted by Crippen LogP contribution is 2.15. The van der Waals surface area contributed by atoms with Crippen molar-refractivity contribution in [2.75, 3.05) is 25.5 Å². The van der Waals surface area contributed by atoms with Gasteiger partial charge >= 0.3 is 0 Å². The Morgan fingerprint density at radius 2 is 1.77 bits per heavy atom. The van der Waals surface area contributed by atoms with E-state index in [0.717, 1.165) is 49.6 Å². The van der Waals surface area contributed by atoms with Crippen LogP contribution in [0.4, 0.5) is 5.69 Å². The molecular weight excluding hydrogens is 344 g/mol. The standard InChI is InChI=1S/C20H24N4OS/c1-25-19-9-7-17(8-10-19)21-20(26)23-22-18-11-13-24(14-12-18)15-16-5-3-2-4-6-16/h2-10H,11-15H2,1H3,(H2,21,23,26). The van der Waals surface area contributed by atoms with E-state index in [2.05, 4.69) is 51.1 Å². The molecule has 0 amide bonds. The molecule has 1 saturated heterocycles. The monoisotopic (exact) mass is 368 g/mol. The van der Waals surface area contributed by atoms with Crippen LogP contribution in [0.3, 0.4) is 0 Å². The SMILES string of the molecule is COc1ccc(NC(=S)NN=C2CCN(Cc3ccccc3)CC2)cc1. The van der Waals surface area contributed by atoms with Crippen molar-refractivity contribution in [3.05, 3.63) is 60.2 Å². The van der Waals surface area contributed by atoms with Gasteiger partial charge in [0.05, 0.1) is 7.11 Å². The number of anilines is 1. The molecule has 136 valence electrons. The lowest BCUT2D eigenvalue weighted by Gasteiger charge is -2.27. The molecule has 2 aromatic carbocycles. The van der Waals surface area contributed by atoms with Gasteiger partial charge in [-0.05, 0) is 42.0 Å². The summed E-state index contributed by atoms with van der Waals surface area (Å²) in [7, 11) is 1.65. The Labute approximate surface area is 160 Å². The minimum Gasteiger partial charge on any atom is -0.497 e. The molecule has 2 N–H and O–H groups in total. The summed E-state index contributed by atoms with van der Waals surface area (Å²) in [5.74, 6) is 0.817. The molecule has 0 bridgehead atoms. The topological polar surface area (TPSA) is 48.9 Å². The van der Waals surface area contributed by atoms with E-state index in [1.807, 2.05) is 24.3 Å². The molecule has 0 atom stereocenters. The zero-order chi connectivity index (χ0) is 18.2. The van der Waals surface area contributed by atoms with E-state index >= 15 is 0 Å². The molecule has 1 heterocycles. The molecule has 2 aromatic rings. The fraction of sp³-hybridized carbons (Fsp3) is 0.300. The number of rotatable bonds is 5. The number of benzene rings is 2. The number of thiocarbonyl (C=S) groups is 1. The van der Waals surface area contributed by atoms with E-state index in [1.54, 1.807) is 7.11 Å².